The van der Waals surface area contributed by atoms with Gasteiger partial charge in [-0.25, -0.2) is 21.8 Å². The van der Waals surface area contributed by atoms with Gasteiger partial charge in [-0.15, -0.1) is 0 Å². The normalized spacial score (nSPS) is 11.2. The van der Waals surface area contributed by atoms with Gasteiger partial charge >= 0.3 is 0 Å². The second-order valence-electron chi connectivity index (χ2n) is 11.5. The molecule has 0 saturated carbocycles. The van der Waals surface area contributed by atoms with Crippen LogP contribution in [0.4, 0.5) is 11.4 Å². The standard InChI is InChI=1S/C37H47N3O4S2/c1-3-5-7-9-11-13-29-45(41,42)39-36-25-18-32(19-26-36)15-16-34-22-24-35(38-31-34)23-17-33-20-27-37(28-21-33)40-46(43,44)30-14-12-10-8-6-4-2/h18-22,24-28,31,39-40H,3-14,29-30H2,1-2H3. The van der Waals surface area contributed by atoms with Crippen molar-refractivity contribution in [2.45, 2.75) is 90.9 Å². The fourth-order valence-electron chi connectivity index (χ4n) is 4.67. The van der Waals surface area contributed by atoms with Gasteiger partial charge in [0.25, 0.3) is 0 Å². The van der Waals surface area contributed by atoms with Gasteiger partial charge < -0.3 is 0 Å². The van der Waals surface area contributed by atoms with Gasteiger partial charge in [0.2, 0.25) is 20.0 Å². The highest BCUT2D eigenvalue weighted by atomic mass is 32.2. The van der Waals surface area contributed by atoms with E-state index in [2.05, 4.69) is 52.0 Å². The second kappa shape index (κ2) is 19.7. The number of benzene rings is 2. The molecule has 0 fully saturated rings. The molecule has 0 amide bonds. The summed E-state index contributed by atoms with van der Waals surface area (Å²) >= 11 is 0. The molecule has 0 spiro atoms. The number of nitrogens with one attached hydrogen (secondary N) is 2. The Morgan fingerprint density at radius 1 is 0.500 bits per heavy atom. The van der Waals surface area contributed by atoms with Crippen LogP contribution < -0.4 is 9.44 Å². The average Bonchev–Trinajstić information content (AvgIpc) is 3.04. The van der Waals surface area contributed by atoms with E-state index in [1.54, 1.807) is 60.8 Å². The Morgan fingerprint density at radius 2 is 0.891 bits per heavy atom. The highest BCUT2D eigenvalue weighted by Crippen LogP contribution is 2.15. The van der Waals surface area contributed by atoms with Crippen LogP contribution in [0.15, 0.2) is 66.9 Å². The maximum atomic E-state index is 12.4. The number of hydrogen-bond acceptors (Lipinski definition) is 5. The summed E-state index contributed by atoms with van der Waals surface area (Å²) in [6.45, 7) is 4.33. The highest BCUT2D eigenvalue weighted by molar-refractivity contribution is 7.92. The number of nitrogens with zero attached hydrogens (tertiary/aromatic N) is 1. The number of hydrogen-bond donors (Lipinski definition) is 2. The molecule has 1 heterocycles. The molecule has 0 aliphatic rings. The van der Waals surface area contributed by atoms with Gasteiger partial charge in [0.1, 0.15) is 5.69 Å². The van der Waals surface area contributed by atoms with E-state index in [0.29, 0.717) is 29.9 Å². The van der Waals surface area contributed by atoms with Crippen molar-refractivity contribution >= 4 is 31.4 Å². The lowest BCUT2D eigenvalue weighted by molar-refractivity contribution is 0.586. The maximum Gasteiger partial charge on any atom is 0.232 e. The van der Waals surface area contributed by atoms with Crippen molar-refractivity contribution in [1.29, 1.82) is 0 Å². The molecule has 0 radical (unpaired) electrons. The molecule has 0 saturated heterocycles. The summed E-state index contributed by atoms with van der Waals surface area (Å²) in [4.78, 5) is 4.38. The summed E-state index contributed by atoms with van der Waals surface area (Å²) in [7, 11) is -6.74. The number of unbranched alkanes of at least 4 members (excludes halogenated alkanes) is 10. The van der Waals surface area contributed by atoms with E-state index in [-0.39, 0.29) is 11.5 Å². The number of sulfonamides is 2. The van der Waals surface area contributed by atoms with E-state index in [4.69, 9.17) is 0 Å². The molecular formula is C37H47N3O4S2. The van der Waals surface area contributed by atoms with Crippen LogP contribution in [0.2, 0.25) is 0 Å². The van der Waals surface area contributed by atoms with E-state index in [9.17, 15) is 16.8 Å². The van der Waals surface area contributed by atoms with Gasteiger partial charge in [-0.1, -0.05) is 95.8 Å². The molecule has 3 aromatic rings. The van der Waals surface area contributed by atoms with Crippen LogP contribution in [0.1, 0.15) is 113 Å². The van der Waals surface area contributed by atoms with Crippen LogP contribution >= 0.6 is 0 Å². The molecule has 0 aliphatic heterocycles. The molecule has 1 aromatic heterocycles. The van der Waals surface area contributed by atoms with Crippen LogP contribution in [0.5, 0.6) is 0 Å². The van der Waals surface area contributed by atoms with Crippen LogP contribution in [0.3, 0.4) is 0 Å². The Morgan fingerprint density at radius 3 is 1.33 bits per heavy atom. The predicted molar refractivity (Wildman–Crippen MR) is 191 cm³/mol. The van der Waals surface area contributed by atoms with Gasteiger partial charge in [0.15, 0.2) is 0 Å². The number of rotatable bonds is 18. The van der Waals surface area contributed by atoms with Crippen LogP contribution in [-0.4, -0.2) is 33.3 Å². The molecule has 0 atom stereocenters. The third kappa shape index (κ3) is 15.0. The summed E-state index contributed by atoms with van der Waals surface area (Å²) in [5.41, 5.74) is 3.88. The highest BCUT2D eigenvalue weighted by Gasteiger charge is 2.11. The summed E-state index contributed by atoms with van der Waals surface area (Å²) in [6.07, 6.45) is 14.1. The van der Waals surface area contributed by atoms with Crippen molar-refractivity contribution in [3.63, 3.8) is 0 Å². The van der Waals surface area contributed by atoms with Crippen molar-refractivity contribution in [3.8, 4) is 23.7 Å². The Kier molecular flexibility index (Phi) is 15.7. The third-order valence-corrected chi connectivity index (χ3v) is 10.0. The van der Waals surface area contributed by atoms with Crippen LogP contribution in [0, 0.1) is 23.7 Å². The molecule has 0 bridgehead atoms. The van der Waals surface area contributed by atoms with Crippen molar-refractivity contribution in [2.75, 3.05) is 20.9 Å². The van der Waals surface area contributed by atoms with Gasteiger partial charge in [-0.2, -0.15) is 0 Å². The summed E-state index contributed by atoms with van der Waals surface area (Å²) in [5, 5.41) is 0. The Balaban J connectivity index is 1.46. The molecule has 0 aliphatic carbocycles. The third-order valence-electron chi connectivity index (χ3n) is 7.30. The lowest BCUT2D eigenvalue weighted by atomic mass is 10.1. The van der Waals surface area contributed by atoms with Gasteiger partial charge in [-0.05, 0) is 79.4 Å². The van der Waals surface area contributed by atoms with Crippen molar-refractivity contribution in [2.24, 2.45) is 0 Å². The van der Waals surface area contributed by atoms with Crippen molar-refractivity contribution in [3.05, 3.63) is 89.2 Å². The van der Waals surface area contributed by atoms with Crippen molar-refractivity contribution in [1.82, 2.24) is 4.98 Å². The quantitative estimate of drug-likeness (QED) is 0.106. The van der Waals surface area contributed by atoms with E-state index in [0.717, 1.165) is 55.2 Å². The Labute approximate surface area is 277 Å². The minimum absolute atomic E-state index is 0.127. The van der Waals surface area contributed by atoms with E-state index in [1.165, 1.54) is 25.7 Å². The average molecular weight is 662 g/mol. The van der Waals surface area contributed by atoms with Gasteiger partial charge in [0, 0.05) is 34.3 Å². The van der Waals surface area contributed by atoms with Crippen LogP contribution in [-0.2, 0) is 20.0 Å². The number of pyridine rings is 1. The SMILES string of the molecule is CCCCCCCCS(=O)(=O)Nc1ccc(C#Cc2ccc(C#Cc3ccc(NS(=O)(=O)CCCCCCCC)cc3)nc2)cc1. The first-order valence-corrected chi connectivity index (χ1v) is 19.7. The summed E-state index contributed by atoms with van der Waals surface area (Å²) in [5.74, 6) is 12.5. The molecule has 2 N–H and O–H groups in total. The predicted octanol–water partition coefficient (Wildman–Crippen LogP) is 8.09. The lowest BCUT2D eigenvalue weighted by Gasteiger charge is -2.08. The first-order chi connectivity index (χ1) is 22.2. The minimum atomic E-state index is -3.37. The molecule has 7 nitrogen and oxygen atoms in total. The molecule has 46 heavy (non-hydrogen) atoms. The molecular weight excluding hydrogens is 615 g/mol. The smallest absolute Gasteiger partial charge is 0.232 e. The zero-order valence-corrected chi connectivity index (χ0v) is 28.8. The van der Waals surface area contributed by atoms with Crippen LogP contribution in [0.25, 0.3) is 0 Å². The first kappa shape index (κ1) is 36.7. The fourth-order valence-corrected chi connectivity index (χ4v) is 7.03. The number of aromatic nitrogens is 1. The molecule has 246 valence electrons. The Bertz CT molecular complexity index is 1550. The number of anilines is 2. The monoisotopic (exact) mass is 661 g/mol. The minimum Gasteiger partial charge on any atom is -0.284 e. The largest absolute Gasteiger partial charge is 0.284 e. The zero-order valence-electron chi connectivity index (χ0n) is 27.1. The first-order valence-electron chi connectivity index (χ1n) is 16.4. The lowest BCUT2D eigenvalue weighted by Crippen LogP contribution is -2.16. The fraction of sp³-hybridized carbons (Fsp3) is 0.432. The van der Waals surface area contributed by atoms with Gasteiger partial charge in [-0.3, -0.25) is 9.44 Å². The maximum absolute atomic E-state index is 12.4. The summed E-state index contributed by atoms with van der Waals surface area (Å²) < 4.78 is 54.8. The summed E-state index contributed by atoms with van der Waals surface area (Å²) in [6, 6.07) is 17.6. The second-order valence-corrected chi connectivity index (χ2v) is 15.1. The topological polar surface area (TPSA) is 105 Å². The Hall–Kier alpha value is -3.79. The van der Waals surface area contributed by atoms with E-state index in [1.807, 2.05) is 6.07 Å². The molecule has 3 rings (SSSR count). The van der Waals surface area contributed by atoms with E-state index >= 15 is 0 Å². The molecule has 2 aromatic carbocycles. The zero-order chi connectivity index (χ0) is 33.1. The van der Waals surface area contributed by atoms with Gasteiger partial charge in [0.05, 0.1) is 11.5 Å². The molecule has 9 heteroatoms. The van der Waals surface area contributed by atoms with Crippen molar-refractivity contribution < 1.29 is 16.8 Å². The molecule has 0 unspecified atom stereocenters. The van der Waals surface area contributed by atoms with E-state index < -0.39 is 20.0 Å².